The highest BCUT2D eigenvalue weighted by molar-refractivity contribution is 9.10. The molecule has 7 heteroatoms. The van der Waals surface area contributed by atoms with E-state index >= 15 is 0 Å². The van der Waals surface area contributed by atoms with Gasteiger partial charge in [0, 0.05) is 18.0 Å². The summed E-state index contributed by atoms with van der Waals surface area (Å²) in [6.45, 7) is 0.798. The molecule has 0 saturated heterocycles. The van der Waals surface area contributed by atoms with Gasteiger partial charge in [0.15, 0.2) is 0 Å². The van der Waals surface area contributed by atoms with Crippen molar-refractivity contribution in [3.8, 4) is 0 Å². The summed E-state index contributed by atoms with van der Waals surface area (Å²) in [4.78, 5) is 1.23. The lowest BCUT2D eigenvalue weighted by atomic mass is 10.1. The van der Waals surface area contributed by atoms with E-state index in [-0.39, 0.29) is 9.37 Å². The minimum atomic E-state index is -3.64. The Balaban J connectivity index is 1.95. The van der Waals surface area contributed by atoms with Crippen LogP contribution in [0.2, 0.25) is 0 Å². The molecule has 0 spiro atoms. The van der Waals surface area contributed by atoms with Crippen LogP contribution in [0.4, 0.5) is 4.39 Å². The molecule has 106 valence electrons. The van der Waals surface area contributed by atoms with Gasteiger partial charge in [-0.2, -0.15) is 4.31 Å². The lowest BCUT2D eigenvalue weighted by Crippen LogP contribution is -2.35. The summed E-state index contributed by atoms with van der Waals surface area (Å²) in [6, 6.07) is 5.85. The van der Waals surface area contributed by atoms with E-state index < -0.39 is 15.8 Å². The molecule has 1 aromatic carbocycles. The quantitative estimate of drug-likeness (QED) is 0.806. The zero-order valence-corrected chi connectivity index (χ0v) is 13.6. The predicted molar refractivity (Wildman–Crippen MR) is 79.7 cm³/mol. The third-order valence-electron chi connectivity index (χ3n) is 3.30. The molecular weight excluding hydrogens is 365 g/mol. The normalized spacial score (nSPS) is 16.1. The van der Waals surface area contributed by atoms with Crippen LogP contribution in [-0.2, 0) is 23.0 Å². The van der Waals surface area contributed by atoms with E-state index in [4.69, 9.17) is 0 Å². The molecule has 0 bridgehead atoms. The highest BCUT2D eigenvalue weighted by atomic mass is 79.9. The van der Waals surface area contributed by atoms with Crippen LogP contribution in [0.5, 0.6) is 0 Å². The van der Waals surface area contributed by atoms with Crippen molar-refractivity contribution in [1.29, 1.82) is 0 Å². The van der Waals surface area contributed by atoms with Gasteiger partial charge >= 0.3 is 0 Å². The van der Waals surface area contributed by atoms with Crippen molar-refractivity contribution in [3.63, 3.8) is 0 Å². The predicted octanol–water partition coefficient (Wildman–Crippen LogP) is 3.40. The molecule has 2 heterocycles. The summed E-state index contributed by atoms with van der Waals surface area (Å²) in [5, 5.41) is 1.97. The van der Waals surface area contributed by atoms with Crippen LogP contribution in [-0.4, -0.2) is 19.3 Å². The summed E-state index contributed by atoms with van der Waals surface area (Å²) in [5.74, 6) is -0.570. The SMILES string of the molecule is O=S(=O)(c1ccc(Br)c(F)c1)N1CCc2sccc2C1. The zero-order chi connectivity index (χ0) is 14.3. The Hall–Kier alpha value is -0.760. The number of benzene rings is 1. The zero-order valence-electron chi connectivity index (χ0n) is 10.3. The van der Waals surface area contributed by atoms with Gasteiger partial charge in [-0.25, -0.2) is 12.8 Å². The molecule has 0 aliphatic carbocycles. The molecule has 20 heavy (non-hydrogen) atoms. The number of thiophene rings is 1. The molecule has 0 unspecified atom stereocenters. The number of rotatable bonds is 2. The Bertz CT molecular complexity index is 757. The minimum absolute atomic E-state index is 0.00289. The minimum Gasteiger partial charge on any atom is -0.207 e. The van der Waals surface area contributed by atoms with Crippen molar-refractivity contribution in [3.05, 3.63) is 50.4 Å². The number of sulfonamides is 1. The summed E-state index contributed by atoms with van der Waals surface area (Å²) in [7, 11) is -3.64. The first-order chi connectivity index (χ1) is 9.48. The Morgan fingerprint density at radius 2 is 2.10 bits per heavy atom. The van der Waals surface area contributed by atoms with Gasteiger partial charge in [-0.15, -0.1) is 11.3 Å². The smallest absolute Gasteiger partial charge is 0.207 e. The molecule has 2 aromatic rings. The number of nitrogens with zero attached hydrogens (tertiary/aromatic N) is 1. The first kappa shape index (κ1) is 14.2. The van der Waals surface area contributed by atoms with Gasteiger partial charge in [0.1, 0.15) is 5.82 Å². The molecular formula is C13H11BrFNO2S2. The maximum Gasteiger partial charge on any atom is 0.243 e. The number of halogens is 2. The first-order valence-electron chi connectivity index (χ1n) is 5.99. The van der Waals surface area contributed by atoms with Crippen LogP contribution in [0.15, 0.2) is 39.0 Å². The lowest BCUT2D eigenvalue weighted by molar-refractivity contribution is 0.394. The standard InChI is InChI=1S/C13H11BrFNO2S2/c14-11-2-1-10(7-12(11)15)20(17,18)16-5-3-13-9(8-16)4-6-19-13/h1-2,4,6-7H,3,5,8H2. The van der Waals surface area contributed by atoms with Crippen molar-refractivity contribution < 1.29 is 12.8 Å². The topological polar surface area (TPSA) is 37.4 Å². The number of hydrogen-bond acceptors (Lipinski definition) is 3. The van der Waals surface area contributed by atoms with Gasteiger partial charge < -0.3 is 0 Å². The molecule has 1 aliphatic rings. The molecule has 0 radical (unpaired) electrons. The monoisotopic (exact) mass is 375 g/mol. The van der Waals surface area contributed by atoms with Gasteiger partial charge in [-0.05, 0) is 57.6 Å². The molecule has 0 amide bonds. The van der Waals surface area contributed by atoms with Crippen molar-refractivity contribution >= 4 is 37.3 Å². The lowest BCUT2D eigenvalue weighted by Gasteiger charge is -2.26. The second kappa shape index (κ2) is 5.22. The number of hydrogen-bond donors (Lipinski definition) is 0. The van der Waals surface area contributed by atoms with Gasteiger partial charge in [0.25, 0.3) is 0 Å². The second-order valence-corrected chi connectivity index (χ2v) is 8.33. The van der Waals surface area contributed by atoms with Crippen LogP contribution in [0.3, 0.4) is 0 Å². The van der Waals surface area contributed by atoms with E-state index in [1.165, 1.54) is 21.3 Å². The van der Waals surface area contributed by atoms with Crippen LogP contribution in [0, 0.1) is 5.82 Å². The molecule has 3 rings (SSSR count). The molecule has 0 saturated carbocycles. The van der Waals surface area contributed by atoms with E-state index in [9.17, 15) is 12.8 Å². The first-order valence-corrected chi connectivity index (χ1v) is 9.10. The molecule has 1 aliphatic heterocycles. The van der Waals surface area contributed by atoms with Crippen molar-refractivity contribution in [2.45, 2.75) is 17.9 Å². The maximum atomic E-state index is 13.5. The Morgan fingerprint density at radius 1 is 1.30 bits per heavy atom. The van der Waals surface area contributed by atoms with E-state index in [1.54, 1.807) is 11.3 Å². The Kier molecular flexibility index (Phi) is 3.70. The van der Waals surface area contributed by atoms with Crippen molar-refractivity contribution in [2.75, 3.05) is 6.54 Å². The highest BCUT2D eigenvalue weighted by Gasteiger charge is 2.29. The summed E-state index contributed by atoms with van der Waals surface area (Å²) in [6.07, 6.45) is 0.714. The third-order valence-corrected chi connectivity index (χ3v) is 6.81. The van der Waals surface area contributed by atoms with Crippen LogP contribution in [0.25, 0.3) is 0 Å². The fourth-order valence-electron chi connectivity index (χ4n) is 2.21. The third kappa shape index (κ3) is 2.43. The molecule has 0 fully saturated rings. The fraction of sp³-hybridized carbons (Fsp3) is 0.231. The van der Waals surface area contributed by atoms with Crippen LogP contribution < -0.4 is 0 Å². The van der Waals surface area contributed by atoms with Gasteiger partial charge in [-0.3, -0.25) is 0 Å². The van der Waals surface area contributed by atoms with Gasteiger partial charge in [-0.1, -0.05) is 0 Å². The highest BCUT2D eigenvalue weighted by Crippen LogP contribution is 2.29. The van der Waals surface area contributed by atoms with Gasteiger partial charge in [0.05, 0.1) is 9.37 Å². The second-order valence-electron chi connectivity index (χ2n) is 4.53. The summed E-state index contributed by atoms with van der Waals surface area (Å²) < 4.78 is 40.3. The molecule has 1 aromatic heterocycles. The molecule has 0 N–H and O–H groups in total. The van der Waals surface area contributed by atoms with Gasteiger partial charge in [0.2, 0.25) is 10.0 Å². The summed E-state index contributed by atoms with van der Waals surface area (Å²) >= 11 is 4.68. The fourth-order valence-corrected chi connectivity index (χ4v) is 4.78. The average molecular weight is 376 g/mol. The van der Waals surface area contributed by atoms with Crippen molar-refractivity contribution in [2.24, 2.45) is 0 Å². The number of fused-ring (bicyclic) bond motifs is 1. The largest absolute Gasteiger partial charge is 0.243 e. The Morgan fingerprint density at radius 3 is 2.85 bits per heavy atom. The van der Waals surface area contributed by atoms with E-state index in [2.05, 4.69) is 15.9 Å². The van der Waals surface area contributed by atoms with E-state index in [0.29, 0.717) is 19.5 Å². The van der Waals surface area contributed by atoms with E-state index in [1.807, 2.05) is 11.4 Å². The van der Waals surface area contributed by atoms with Crippen LogP contribution >= 0.6 is 27.3 Å². The van der Waals surface area contributed by atoms with Crippen LogP contribution in [0.1, 0.15) is 10.4 Å². The maximum absolute atomic E-state index is 13.5. The molecule has 0 atom stereocenters. The summed E-state index contributed by atoms with van der Waals surface area (Å²) in [5.41, 5.74) is 1.04. The molecule has 3 nitrogen and oxygen atoms in total. The Labute approximate surface area is 129 Å². The van der Waals surface area contributed by atoms with E-state index in [0.717, 1.165) is 11.6 Å². The average Bonchev–Trinajstić information content (AvgIpc) is 2.89. The van der Waals surface area contributed by atoms with Crippen molar-refractivity contribution in [1.82, 2.24) is 4.31 Å².